The summed E-state index contributed by atoms with van der Waals surface area (Å²) in [5.74, 6) is 1.46. The van der Waals surface area contributed by atoms with Gasteiger partial charge in [-0.1, -0.05) is 34.1 Å². The second-order valence-corrected chi connectivity index (χ2v) is 7.29. The maximum absolute atomic E-state index is 12.8. The largest absolute Gasteiger partial charge is 0.464 e. The SMILES string of the molecule is CCNCc1cc(S(=O)(=O)N(CC)CC(C)CC)c(C)o1. The van der Waals surface area contributed by atoms with E-state index in [0.29, 0.717) is 42.0 Å². The average molecular weight is 316 g/mol. The molecule has 6 heteroatoms. The van der Waals surface area contributed by atoms with E-state index in [0.717, 1.165) is 13.0 Å². The van der Waals surface area contributed by atoms with Gasteiger partial charge in [0.05, 0.1) is 6.54 Å². The Morgan fingerprint density at radius 3 is 2.52 bits per heavy atom. The van der Waals surface area contributed by atoms with Gasteiger partial charge in [0.25, 0.3) is 0 Å². The minimum atomic E-state index is -3.48. The molecule has 0 radical (unpaired) electrons. The standard InChI is InChI=1S/C15H28N2O3S/c1-6-12(4)11-17(8-3)21(18,19)15-9-14(10-16-7-2)20-13(15)5/h9,12,16H,6-8,10-11H2,1-5H3. The Labute approximate surface area is 128 Å². The third kappa shape index (κ3) is 4.56. The molecule has 1 atom stereocenters. The first-order chi connectivity index (χ1) is 9.86. The van der Waals surface area contributed by atoms with Gasteiger partial charge in [0.1, 0.15) is 16.4 Å². The van der Waals surface area contributed by atoms with Crippen LogP contribution in [0.15, 0.2) is 15.4 Å². The smallest absolute Gasteiger partial charge is 0.246 e. The van der Waals surface area contributed by atoms with E-state index in [1.807, 2.05) is 13.8 Å². The summed E-state index contributed by atoms with van der Waals surface area (Å²) >= 11 is 0. The van der Waals surface area contributed by atoms with E-state index in [2.05, 4.69) is 19.2 Å². The molecule has 0 saturated heterocycles. The molecule has 0 fully saturated rings. The minimum Gasteiger partial charge on any atom is -0.464 e. The summed E-state index contributed by atoms with van der Waals surface area (Å²) in [6, 6.07) is 1.65. The lowest BCUT2D eigenvalue weighted by atomic mass is 10.1. The molecular weight excluding hydrogens is 288 g/mol. The number of nitrogens with zero attached hydrogens (tertiary/aromatic N) is 1. The summed E-state index contributed by atoms with van der Waals surface area (Å²) in [7, 11) is -3.48. The van der Waals surface area contributed by atoms with Crippen LogP contribution in [-0.2, 0) is 16.6 Å². The van der Waals surface area contributed by atoms with Crippen molar-refractivity contribution in [1.82, 2.24) is 9.62 Å². The van der Waals surface area contributed by atoms with E-state index >= 15 is 0 Å². The fraction of sp³-hybridized carbons (Fsp3) is 0.733. The van der Waals surface area contributed by atoms with Crippen LogP contribution >= 0.6 is 0 Å². The van der Waals surface area contributed by atoms with E-state index in [9.17, 15) is 8.42 Å². The Balaban J connectivity index is 3.02. The maximum atomic E-state index is 12.8. The van der Waals surface area contributed by atoms with Gasteiger partial charge in [0.2, 0.25) is 10.0 Å². The van der Waals surface area contributed by atoms with Crippen LogP contribution in [0, 0.1) is 12.8 Å². The molecule has 0 aliphatic heterocycles. The van der Waals surface area contributed by atoms with Crippen LogP contribution < -0.4 is 5.32 Å². The molecule has 0 bridgehead atoms. The molecule has 1 aromatic heterocycles. The van der Waals surface area contributed by atoms with Gasteiger partial charge in [0.15, 0.2) is 0 Å². The Morgan fingerprint density at radius 1 is 1.33 bits per heavy atom. The van der Waals surface area contributed by atoms with Gasteiger partial charge in [-0.25, -0.2) is 8.42 Å². The topological polar surface area (TPSA) is 62.6 Å². The van der Waals surface area contributed by atoms with Gasteiger partial charge in [0, 0.05) is 19.2 Å². The molecular formula is C15H28N2O3S. The van der Waals surface area contributed by atoms with Crippen molar-refractivity contribution in [2.45, 2.75) is 52.5 Å². The van der Waals surface area contributed by atoms with E-state index in [-0.39, 0.29) is 0 Å². The summed E-state index contributed by atoms with van der Waals surface area (Å²) in [6.07, 6.45) is 0.960. The zero-order valence-corrected chi connectivity index (χ0v) is 14.6. The number of rotatable bonds is 9. The molecule has 1 heterocycles. The van der Waals surface area contributed by atoms with Crippen LogP contribution in [0.2, 0.25) is 0 Å². The lowest BCUT2D eigenvalue weighted by molar-refractivity contribution is 0.360. The molecule has 122 valence electrons. The fourth-order valence-corrected chi connectivity index (χ4v) is 3.88. The van der Waals surface area contributed by atoms with Crippen LogP contribution in [0.1, 0.15) is 45.6 Å². The fourth-order valence-electron chi connectivity index (χ4n) is 2.13. The quantitative estimate of drug-likeness (QED) is 0.761. The molecule has 0 aliphatic rings. The number of hydrogen-bond donors (Lipinski definition) is 1. The average Bonchev–Trinajstić information content (AvgIpc) is 2.83. The number of nitrogens with one attached hydrogen (secondary N) is 1. The maximum Gasteiger partial charge on any atom is 0.246 e. The molecule has 1 unspecified atom stereocenters. The summed E-state index contributed by atoms with van der Waals surface area (Å²) in [5.41, 5.74) is 0. The zero-order valence-electron chi connectivity index (χ0n) is 13.8. The van der Waals surface area contributed by atoms with Crippen molar-refractivity contribution in [3.8, 4) is 0 Å². The predicted molar refractivity (Wildman–Crippen MR) is 84.7 cm³/mol. The first-order valence-corrected chi connectivity index (χ1v) is 9.10. The highest BCUT2D eigenvalue weighted by molar-refractivity contribution is 7.89. The Bertz CT molecular complexity index is 537. The highest BCUT2D eigenvalue weighted by atomic mass is 32.2. The van der Waals surface area contributed by atoms with Crippen molar-refractivity contribution >= 4 is 10.0 Å². The Kier molecular flexibility index (Phi) is 6.90. The first kappa shape index (κ1) is 18.2. The molecule has 0 amide bonds. The molecule has 1 N–H and O–H groups in total. The van der Waals surface area contributed by atoms with Crippen LogP contribution in [0.25, 0.3) is 0 Å². The Hall–Kier alpha value is -0.850. The van der Waals surface area contributed by atoms with Crippen molar-refractivity contribution in [2.75, 3.05) is 19.6 Å². The van der Waals surface area contributed by atoms with Gasteiger partial charge in [-0.05, 0) is 19.4 Å². The van der Waals surface area contributed by atoms with Gasteiger partial charge >= 0.3 is 0 Å². The molecule has 21 heavy (non-hydrogen) atoms. The monoisotopic (exact) mass is 316 g/mol. The zero-order chi connectivity index (χ0) is 16.0. The van der Waals surface area contributed by atoms with E-state index in [4.69, 9.17) is 4.42 Å². The van der Waals surface area contributed by atoms with Crippen LogP contribution in [0.3, 0.4) is 0 Å². The summed E-state index contributed by atoms with van der Waals surface area (Å²) < 4.78 is 32.6. The second-order valence-electron chi connectivity index (χ2n) is 5.38. The molecule has 0 aliphatic carbocycles. The van der Waals surface area contributed by atoms with Gasteiger partial charge in [-0.15, -0.1) is 0 Å². The van der Waals surface area contributed by atoms with Crippen LogP contribution in [0.4, 0.5) is 0 Å². The normalized spacial score (nSPS) is 13.8. The molecule has 1 rings (SSSR count). The van der Waals surface area contributed by atoms with Gasteiger partial charge in [-0.2, -0.15) is 4.31 Å². The van der Waals surface area contributed by atoms with E-state index in [1.54, 1.807) is 13.0 Å². The Morgan fingerprint density at radius 2 is 2.00 bits per heavy atom. The number of hydrogen-bond acceptors (Lipinski definition) is 4. The first-order valence-electron chi connectivity index (χ1n) is 7.66. The van der Waals surface area contributed by atoms with Crippen molar-refractivity contribution in [3.05, 3.63) is 17.6 Å². The highest BCUT2D eigenvalue weighted by Gasteiger charge is 2.28. The number of furan rings is 1. The minimum absolute atomic E-state index is 0.292. The molecule has 1 aromatic rings. The number of sulfonamides is 1. The molecule has 0 spiro atoms. The highest BCUT2D eigenvalue weighted by Crippen LogP contribution is 2.24. The third-order valence-electron chi connectivity index (χ3n) is 3.66. The molecule has 0 aromatic carbocycles. The van der Waals surface area contributed by atoms with Crippen molar-refractivity contribution in [1.29, 1.82) is 0 Å². The molecule has 0 saturated carbocycles. The summed E-state index contributed by atoms with van der Waals surface area (Å²) in [4.78, 5) is 0.292. The second kappa shape index (κ2) is 7.96. The van der Waals surface area contributed by atoms with Crippen molar-refractivity contribution in [3.63, 3.8) is 0 Å². The lowest BCUT2D eigenvalue weighted by Crippen LogP contribution is -2.34. The third-order valence-corrected chi connectivity index (χ3v) is 5.70. The van der Waals surface area contributed by atoms with E-state index in [1.165, 1.54) is 4.31 Å². The molecule has 5 nitrogen and oxygen atoms in total. The van der Waals surface area contributed by atoms with Crippen molar-refractivity contribution < 1.29 is 12.8 Å². The van der Waals surface area contributed by atoms with Crippen LogP contribution in [-0.4, -0.2) is 32.4 Å². The van der Waals surface area contributed by atoms with Crippen LogP contribution in [0.5, 0.6) is 0 Å². The number of aryl methyl sites for hydroxylation is 1. The van der Waals surface area contributed by atoms with Gasteiger partial charge < -0.3 is 9.73 Å². The predicted octanol–water partition coefficient (Wildman–Crippen LogP) is 2.75. The summed E-state index contributed by atoms with van der Waals surface area (Å²) in [5, 5.41) is 3.14. The lowest BCUT2D eigenvalue weighted by Gasteiger charge is -2.23. The summed E-state index contributed by atoms with van der Waals surface area (Å²) in [6.45, 7) is 12.1. The van der Waals surface area contributed by atoms with Crippen molar-refractivity contribution in [2.24, 2.45) is 5.92 Å². The van der Waals surface area contributed by atoms with E-state index < -0.39 is 10.0 Å². The van der Waals surface area contributed by atoms with Gasteiger partial charge in [-0.3, -0.25) is 0 Å².